The molecule has 196 valence electrons. The standard InChI is InChI=1S/C21H19F3N6O2.C6H6/c1-3-29-19-14(12(2)28-30(19)13-7-5-4-6-8-13)11-15(20(29)32)26-18(31)17-25-10-9-16(27-17)21(22,23)24;1-2-4-6-5-3-1/h4-10,15H,3,11H2,1-2H3,(H,26,31);1-6H. The number of nitrogens with one attached hydrogen (secondary N) is 1. The number of aromatic nitrogens is 4. The average Bonchev–Trinajstić information content (AvgIpc) is 3.26. The Morgan fingerprint density at radius 3 is 2.21 bits per heavy atom. The first kappa shape index (κ1) is 26.5. The Balaban J connectivity index is 0.000000494. The van der Waals surface area contributed by atoms with E-state index >= 15 is 0 Å². The van der Waals surface area contributed by atoms with Crippen LogP contribution < -0.4 is 10.2 Å². The number of amides is 2. The number of hydrogen-bond acceptors (Lipinski definition) is 5. The molecule has 3 heterocycles. The number of carbonyl (C=O) groups is 2. The zero-order valence-corrected chi connectivity index (χ0v) is 20.7. The molecular formula is C27H25F3N6O2. The minimum atomic E-state index is -4.71. The van der Waals surface area contributed by atoms with Crippen molar-refractivity contribution in [1.29, 1.82) is 0 Å². The molecular weight excluding hydrogens is 497 g/mol. The number of para-hydroxylation sites is 1. The summed E-state index contributed by atoms with van der Waals surface area (Å²) in [5, 5.41) is 7.05. The molecule has 4 aromatic rings. The summed E-state index contributed by atoms with van der Waals surface area (Å²) in [6.45, 7) is 3.91. The number of benzene rings is 2. The number of likely N-dealkylation sites (N-methyl/N-ethyl adjacent to an activating group) is 1. The second-order valence-electron chi connectivity index (χ2n) is 8.37. The molecule has 38 heavy (non-hydrogen) atoms. The van der Waals surface area contributed by atoms with Crippen molar-refractivity contribution in [3.05, 3.63) is 102 Å². The Morgan fingerprint density at radius 1 is 1.03 bits per heavy atom. The van der Waals surface area contributed by atoms with Crippen LogP contribution in [0.15, 0.2) is 79.0 Å². The summed E-state index contributed by atoms with van der Waals surface area (Å²) in [7, 11) is 0. The van der Waals surface area contributed by atoms with E-state index in [0.29, 0.717) is 24.1 Å². The normalized spacial score (nSPS) is 14.8. The number of halogens is 3. The molecule has 0 bridgehead atoms. The van der Waals surface area contributed by atoms with Crippen LogP contribution in [0, 0.1) is 6.92 Å². The molecule has 1 aliphatic heterocycles. The van der Waals surface area contributed by atoms with Gasteiger partial charge >= 0.3 is 6.18 Å². The van der Waals surface area contributed by atoms with Crippen LogP contribution in [0.2, 0.25) is 0 Å². The van der Waals surface area contributed by atoms with Crippen molar-refractivity contribution in [2.75, 3.05) is 11.4 Å². The maximum atomic E-state index is 13.2. The third kappa shape index (κ3) is 5.72. The molecule has 0 radical (unpaired) electrons. The van der Waals surface area contributed by atoms with Crippen LogP contribution in [0.1, 0.15) is 34.5 Å². The topological polar surface area (TPSA) is 93.0 Å². The lowest BCUT2D eigenvalue weighted by molar-refractivity contribution is -0.141. The number of nitrogens with zero attached hydrogens (tertiary/aromatic N) is 5. The van der Waals surface area contributed by atoms with E-state index in [1.54, 1.807) is 18.5 Å². The van der Waals surface area contributed by atoms with Crippen LogP contribution in [0.3, 0.4) is 0 Å². The average molecular weight is 523 g/mol. The summed E-state index contributed by atoms with van der Waals surface area (Å²) in [6, 6.07) is 21.0. The second-order valence-corrected chi connectivity index (χ2v) is 8.37. The van der Waals surface area contributed by atoms with Crippen molar-refractivity contribution in [2.24, 2.45) is 0 Å². The van der Waals surface area contributed by atoms with Gasteiger partial charge in [-0.25, -0.2) is 14.6 Å². The van der Waals surface area contributed by atoms with Gasteiger partial charge in [-0.05, 0) is 32.0 Å². The van der Waals surface area contributed by atoms with E-state index in [4.69, 9.17) is 0 Å². The summed E-state index contributed by atoms with van der Waals surface area (Å²) in [6.07, 6.45) is -3.71. The van der Waals surface area contributed by atoms with Gasteiger partial charge < -0.3 is 5.32 Å². The molecule has 0 aliphatic carbocycles. The highest BCUT2D eigenvalue weighted by Gasteiger charge is 2.38. The first-order chi connectivity index (χ1) is 18.2. The van der Waals surface area contributed by atoms with Crippen molar-refractivity contribution in [1.82, 2.24) is 25.1 Å². The lowest BCUT2D eigenvalue weighted by Gasteiger charge is -2.32. The van der Waals surface area contributed by atoms with Gasteiger partial charge in [0.1, 0.15) is 17.6 Å². The maximum Gasteiger partial charge on any atom is 0.433 e. The van der Waals surface area contributed by atoms with E-state index < -0.39 is 35.6 Å². The third-order valence-electron chi connectivity index (χ3n) is 5.82. The van der Waals surface area contributed by atoms with Gasteiger partial charge in [-0.1, -0.05) is 54.6 Å². The number of fused-ring (bicyclic) bond motifs is 1. The predicted octanol–water partition coefficient (Wildman–Crippen LogP) is 4.38. The number of aryl methyl sites for hydroxylation is 1. The monoisotopic (exact) mass is 522 g/mol. The SMILES string of the molecule is CCN1C(=O)C(NC(=O)c2nccc(C(F)(F)F)n2)Cc2c(C)nn(-c3ccccc3)c21.c1ccccc1. The van der Waals surface area contributed by atoms with Gasteiger partial charge in [0.2, 0.25) is 5.82 Å². The zero-order valence-electron chi connectivity index (χ0n) is 20.7. The lowest BCUT2D eigenvalue weighted by atomic mass is 9.99. The lowest BCUT2D eigenvalue weighted by Crippen LogP contribution is -2.53. The van der Waals surface area contributed by atoms with E-state index in [1.165, 1.54) is 4.90 Å². The summed E-state index contributed by atoms with van der Waals surface area (Å²) in [4.78, 5) is 34.1. The molecule has 0 spiro atoms. The Labute approximate surface area is 217 Å². The minimum Gasteiger partial charge on any atom is -0.337 e. The number of rotatable bonds is 4. The Morgan fingerprint density at radius 2 is 1.63 bits per heavy atom. The summed E-state index contributed by atoms with van der Waals surface area (Å²) < 4.78 is 40.4. The maximum absolute atomic E-state index is 13.2. The highest BCUT2D eigenvalue weighted by molar-refractivity contribution is 6.03. The number of hydrogen-bond donors (Lipinski definition) is 1. The zero-order chi connectivity index (χ0) is 27.3. The summed E-state index contributed by atoms with van der Waals surface area (Å²) in [5.41, 5.74) is 1.00. The van der Waals surface area contributed by atoms with Gasteiger partial charge in [0.25, 0.3) is 11.8 Å². The predicted molar refractivity (Wildman–Crippen MR) is 135 cm³/mol. The van der Waals surface area contributed by atoms with Crippen LogP contribution in [0.25, 0.3) is 5.69 Å². The van der Waals surface area contributed by atoms with Crippen LogP contribution in [-0.2, 0) is 17.4 Å². The number of alkyl halides is 3. The largest absolute Gasteiger partial charge is 0.433 e. The van der Waals surface area contributed by atoms with Crippen LogP contribution in [-0.4, -0.2) is 44.1 Å². The fourth-order valence-corrected chi connectivity index (χ4v) is 4.05. The molecule has 1 N–H and O–H groups in total. The van der Waals surface area contributed by atoms with Crippen LogP contribution in [0.5, 0.6) is 0 Å². The molecule has 2 amide bonds. The second kappa shape index (κ2) is 11.2. The van der Waals surface area contributed by atoms with Gasteiger partial charge in [-0.3, -0.25) is 14.5 Å². The quantitative estimate of drug-likeness (QED) is 0.429. The van der Waals surface area contributed by atoms with Crippen molar-refractivity contribution in [2.45, 2.75) is 32.5 Å². The van der Waals surface area contributed by atoms with E-state index in [9.17, 15) is 22.8 Å². The molecule has 1 atom stereocenters. The Hall–Kier alpha value is -4.54. The van der Waals surface area contributed by atoms with E-state index in [-0.39, 0.29) is 6.42 Å². The first-order valence-electron chi connectivity index (χ1n) is 11.9. The molecule has 0 saturated carbocycles. The van der Waals surface area contributed by atoms with Crippen molar-refractivity contribution >= 4 is 17.6 Å². The highest BCUT2D eigenvalue weighted by atomic mass is 19.4. The van der Waals surface area contributed by atoms with Gasteiger partial charge in [-0.2, -0.15) is 18.3 Å². The molecule has 8 nitrogen and oxygen atoms in total. The summed E-state index contributed by atoms with van der Waals surface area (Å²) in [5.74, 6) is -1.39. The molecule has 0 saturated heterocycles. The van der Waals surface area contributed by atoms with Gasteiger partial charge in [0, 0.05) is 24.7 Å². The molecule has 2 aromatic carbocycles. The number of anilines is 1. The van der Waals surface area contributed by atoms with Crippen molar-refractivity contribution in [3.8, 4) is 5.69 Å². The van der Waals surface area contributed by atoms with E-state index in [1.807, 2.05) is 66.7 Å². The fourth-order valence-electron chi connectivity index (χ4n) is 4.05. The van der Waals surface area contributed by atoms with E-state index in [0.717, 1.165) is 17.4 Å². The van der Waals surface area contributed by atoms with Gasteiger partial charge in [0.05, 0.1) is 11.4 Å². The Bertz CT molecular complexity index is 1380. The molecule has 11 heteroatoms. The fraction of sp³-hybridized carbons (Fsp3) is 0.222. The molecule has 5 rings (SSSR count). The molecule has 1 aliphatic rings. The minimum absolute atomic E-state index is 0.147. The first-order valence-corrected chi connectivity index (χ1v) is 11.9. The van der Waals surface area contributed by atoms with Crippen LogP contribution in [0.4, 0.5) is 19.0 Å². The smallest absolute Gasteiger partial charge is 0.337 e. The molecule has 1 unspecified atom stereocenters. The van der Waals surface area contributed by atoms with Crippen molar-refractivity contribution in [3.63, 3.8) is 0 Å². The van der Waals surface area contributed by atoms with E-state index in [2.05, 4.69) is 20.4 Å². The van der Waals surface area contributed by atoms with Crippen LogP contribution >= 0.6 is 0 Å². The highest BCUT2D eigenvalue weighted by Crippen LogP contribution is 2.33. The molecule has 0 fully saturated rings. The summed E-state index contributed by atoms with van der Waals surface area (Å²) >= 11 is 0. The Kier molecular flexibility index (Phi) is 7.85. The van der Waals surface area contributed by atoms with Crippen molar-refractivity contribution < 1.29 is 22.8 Å². The van der Waals surface area contributed by atoms with Gasteiger partial charge in [0.15, 0.2) is 0 Å². The van der Waals surface area contributed by atoms with Gasteiger partial charge in [-0.15, -0.1) is 0 Å². The number of carbonyl (C=O) groups excluding carboxylic acids is 2. The molecule has 2 aromatic heterocycles. The third-order valence-corrected chi connectivity index (χ3v) is 5.82.